The van der Waals surface area contributed by atoms with Gasteiger partial charge in [0.1, 0.15) is 0 Å². The molecule has 1 heterocycles. The number of rotatable bonds is 3. The van der Waals surface area contributed by atoms with E-state index in [0.29, 0.717) is 6.54 Å². The van der Waals surface area contributed by atoms with E-state index < -0.39 is 0 Å². The Kier molecular flexibility index (Phi) is 4.28. The topological polar surface area (TPSA) is 54.0 Å². The Morgan fingerprint density at radius 2 is 2.12 bits per heavy atom. The summed E-state index contributed by atoms with van der Waals surface area (Å²) in [6.07, 6.45) is 2.50. The fourth-order valence-corrected chi connectivity index (χ4v) is 1.23. The Labute approximate surface area is 96.5 Å². The molecular formula is C12H19N3O. The number of pyridine rings is 1. The molecule has 0 atom stereocenters. The molecule has 1 rings (SSSR count). The zero-order valence-corrected chi connectivity index (χ0v) is 10.1. The normalized spacial score (nSPS) is 10.9. The molecule has 2 amide bonds. The Balaban J connectivity index is 2.24. The Morgan fingerprint density at radius 1 is 1.38 bits per heavy atom. The highest BCUT2D eigenvalue weighted by Crippen LogP contribution is 1.97. The van der Waals surface area contributed by atoms with E-state index in [9.17, 15) is 4.79 Å². The number of hydrogen-bond acceptors (Lipinski definition) is 2. The molecule has 1 aromatic rings. The Hall–Kier alpha value is -1.58. The van der Waals surface area contributed by atoms with Crippen molar-refractivity contribution in [1.82, 2.24) is 15.6 Å². The SMILES string of the molecule is CC(C)(C)NC(=O)NCCc1ccccn1. The van der Waals surface area contributed by atoms with Crippen molar-refractivity contribution >= 4 is 6.03 Å². The van der Waals surface area contributed by atoms with Crippen molar-refractivity contribution < 1.29 is 4.79 Å². The van der Waals surface area contributed by atoms with Gasteiger partial charge in [0.25, 0.3) is 0 Å². The van der Waals surface area contributed by atoms with Crippen molar-refractivity contribution in [2.75, 3.05) is 6.54 Å². The molecule has 0 spiro atoms. The minimum Gasteiger partial charge on any atom is -0.338 e. The van der Waals surface area contributed by atoms with Crippen molar-refractivity contribution in [2.45, 2.75) is 32.7 Å². The standard InChI is InChI=1S/C12H19N3O/c1-12(2,3)15-11(16)14-9-7-10-6-4-5-8-13-10/h4-6,8H,7,9H2,1-3H3,(H2,14,15,16). The molecule has 1 aromatic heterocycles. The third-order valence-electron chi connectivity index (χ3n) is 1.88. The first-order chi connectivity index (χ1) is 7.47. The van der Waals surface area contributed by atoms with Crippen LogP contribution in [0.15, 0.2) is 24.4 Å². The summed E-state index contributed by atoms with van der Waals surface area (Å²) in [6.45, 7) is 6.45. The number of carbonyl (C=O) groups is 1. The van der Waals surface area contributed by atoms with Crippen LogP contribution in [0.3, 0.4) is 0 Å². The molecule has 0 saturated carbocycles. The molecule has 0 aromatic carbocycles. The van der Waals surface area contributed by atoms with Gasteiger partial charge in [-0.15, -0.1) is 0 Å². The Bertz CT molecular complexity index is 330. The van der Waals surface area contributed by atoms with E-state index in [1.54, 1.807) is 6.20 Å². The highest BCUT2D eigenvalue weighted by Gasteiger charge is 2.12. The molecule has 0 aliphatic carbocycles. The van der Waals surface area contributed by atoms with Crippen LogP contribution in [0.1, 0.15) is 26.5 Å². The lowest BCUT2D eigenvalue weighted by molar-refractivity contribution is 0.232. The van der Waals surface area contributed by atoms with Gasteiger partial charge in [-0.25, -0.2) is 4.79 Å². The fraction of sp³-hybridized carbons (Fsp3) is 0.500. The monoisotopic (exact) mass is 221 g/mol. The van der Waals surface area contributed by atoms with Crippen LogP contribution in [-0.4, -0.2) is 23.1 Å². The zero-order chi connectivity index (χ0) is 12.0. The molecule has 0 fully saturated rings. The Morgan fingerprint density at radius 3 is 2.69 bits per heavy atom. The third-order valence-corrected chi connectivity index (χ3v) is 1.88. The summed E-state index contributed by atoms with van der Waals surface area (Å²) in [7, 11) is 0. The first kappa shape index (κ1) is 12.5. The molecule has 0 radical (unpaired) electrons. The van der Waals surface area contributed by atoms with Crippen LogP contribution in [-0.2, 0) is 6.42 Å². The number of amides is 2. The average molecular weight is 221 g/mol. The first-order valence-corrected chi connectivity index (χ1v) is 5.43. The molecule has 0 aliphatic heterocycles. The molecule has 0 bridgehead atoms. The molecule has 0 aliphatic rings. The molecule has 88 valence electrons. The number of nitrogens with zero attached hydrogens (tertiary/aromatic N) is 1. The van der Waals surface area contributed by atoms with Gasteiger partial charge in [0.05, 0.1) is 0 Å². The lowest BCUT2D eigenvalue weighted by Crippen LogP contribution is -2.46. The van der Waals surface area contributed by atoms with Crippen molar-refractivity contribution in [2.24, 2.45) is 0 Å². The van der Waals surface area contributed by atoms with Gasteiger partial charge in [-0.05, 0) is 32.9 Å². The van der Waals surface area contributed by atoms with Crippen molar-refractivity contribution in [3.8, 4) is 0 Å². The summed E-state index contributed by atoms with van der Waals surface area (Å²) < 4.78 is 0. The van der Waals surface area contributed by atoms with Crippen LogP contribution in [0.4, 0.5) is 4.79 Å². The quantitative estimate of drug-likeness (QED) is 0.816. The average Bonchev–Trinajstić information content (AvgIpc) is 2.16. The van der Waals surface area contributed by atoms with E-state index in [1.807, 2.05) is 39.0 Å². The van der Waals surface area contributed by atoms with E-state index in [4.69, 9.17) is 0 Å². The van der Waals surface area contributed by atoms with Crippen LogP contribution in [0, 0.1) is 0 Å². The largest absolute Gasteiger partial charge is 0.338 e. The fourth-order valence-electron chi connectivity index (χ4n) is 1.23. The number of hydrogen-bond donors (Lipinski definition) is 2. The molecule has 0 saturated heterocycles. The maximum Gasteiger partial charge on any atom is 0.315 e. The molecule has 4 nitrogen and oxygen atoms in total. The predicted molar refractivity (Wildman–Crippen MR) is 64.2 cm³/mol. The predicted octanol–water partition coefficient (Wildman–Crippen LogP) is 1.72. The summed E-state index contributed by atoms with van der Waals surface area (Å²) >= 11 is 0. The summed E-state index contributed by atoms with van der Waals surface area (Å²) in [5.41, 5.74) is 0.785. The maximum atomic E-state index is 11.4. The van der Waals surface area contributed by atoms with E-state index >= 15 is 0 Å². The second-order valence-corrected chi connectivity index (χ2v) is 4.70. The van der Waals surface area contributed by atoms with Gasteiger partial charge >= 0.3 is 6.03 Å². The van der Waals surface area contributed by atoms with E-state index in [0.717, 1.165) is 12.1 Å². The molecule has 2 N–H and O–H groups in total. The molecular weight excluding hydrogens is 202 g/mol. The van der Waals surface area contributed by atoms with E-state index in [1.165, 1.54) is 0 Å². The van der Waals surface area contributed by atoms with E-state index in [-0.39, 0.29) is 11.6 Å². The van der Waals surface area contributed by atoms with Crippen LogP contribution < -0.4 is 10.6 Å². The van der Waals surface area contributed by atoms with Gasteiger partial charge in [0, 0.05) is 30.4 Å². The smallest absolute Gasteiger partial charge is 0.315 e. The van der Waals surface area contributed by atoms with Gasteiger partial charge < -0.3 is 10.6 Å². The lowest BCUT2D eigenvalue weighted by Gasteiger charge is -2.20. The highest BCUT2D eigenvalue weighted by molar-refractivity contribution is 5.74. The maximum absolute atomic E-state index is 11.4. The summed E-state index contributed by atoms with van der Waals surface area (Å²) in [5.74, 6) is 0. The first-order valence-electron chi connectivity index (χ1n) is 5.43. The zero-order valence-electron chi connectivity index (χ0n) is 10.1. The van der Waals surface area contributed by atoms with Gasteiger partial charge in [-0.2, -0.15) is 0 Å². The summed E-state index contributed by atoms with van der Waals surface area (Å²) in [5, 5.41) is 5.63. The van der Waals surface area contributed by atoms with Gasteiger partial charge in [-0.1, -0.05) is 6.07 Å². The number of nitrogens with one attached hydrogen (secondary N) is 2. The van der Waals surface area contributed by atoms with Crippen LogP contribution in [0.5, 0.6) is 0 Å². The lowest BCUT2D eigenvalue weighted by atomic mass is 10.1. The van der Waals surface area contributed by atoms with Crippen LogP contribution >= 0.6 is 0 Å². The minimum atomic E-state index is -0.199. The van der Waals surface area contributed by atoms with Gasteiger partial charge in [-0.3, -0.25) is 4.98 Å². The molecule has 0 unspecified atom stereocenters. The number of aromatic nitrogens is 1. The van der Waals surface area contributed by atoms with Gasteiger partial charge in [0.2, 0.25) is 0 Å². The second kappa shape index (κ2) is 5.49. The second-order valence-electron chi connectivity index (χ2n) is 4.70. The van der Waals surface area contributed by atoms with E-state index in [2.05, 4.69) is 15.6 Å². The summed E-state index contributed by atoms with van der Waals surface area (Å²) in [6, 6.07) is 5.63. The van der Waals surface area contributed by atoms with Crippen LogP contribution in [0.2, 0.25) is 0 Å². The van der Waals surface area contributed by atoms with Gasteiger partial charge in [0.15, 0.2) is 0 Å². The number of carbonyl (C=O) groups excluding carboxylic acids is 1. The number of urea groups is 1. The molecule has 16 heavy (non-hydrogen) atoms. The van der Waals surface area contributed by atoms with Crippen molar-refractivity contribution in [3.63, 3.8) is 0 Å². The third kappa shape index (κ3) is 5.34. The van der Waals surface area contributed by atoms with Crippen molar-refractivity contribution in [1.29, 1.82) is 0 Å². The van der Waals surface area contributed by atoms with Crippen LogP contribution in [0.25, 0.3) is 0 Å². The van der Waals surface area contributed by atoms with Crippen molar-refractivity contribution in [3.05, 3.63) is 30.1 Å². The highest BCUT2D eigenvalue weighted by atomic mass is 16.2. The molecule has 4 heteroatoms. The summed E-state index contributed by atoms with van der Waals surface area (Å²) in [4.78, 5) is 15.6. The minimum absolute atomic E-state index is 0.136.